The average Bonchev–Trinajstić information content (AvgIpc) is 2.41. The molecule has 0 aliphatic heterocycles. The summed E-state index contributed by atoms with van der Waals surface area (Å²) in [5, 5.41) is 0.641. The van der Waals surface area contributed by atoms with Crippen LogP contribution in [0.4, 0.5) is 0 Å². The fourth-order valence-electron chi connectivity index (χ4n) is 2.23. The van der Waals surface area contributed by atoms with Crippen LogP contribution >= 0.6 is 11.6 Å². The van der Waals surface area contributed by atoms with Gasteiger partial charge in [-0.25, -0.2) is 0 Å². The highest BCUT2D eigenvalue weighted by Crippen LogP contribution is 2.15. The van der Waals surface area contributed by atoms with Crippen molar-refractivity contribution in [2.45, 2.75) is 64.7 Å². The molecular formula is C17H25ClO. The molecule has 0 fully saturated rings. The first-order valence-electron chi connectivity index (χ1n) is 7.53. The second-order valence-electron chi connectivity index (χ2n) is 5.16. The van der Waals surface area contributed by atoms with Crippen LogP contribution in [0.2, 0.25) is 5.02 Å². The third kappa shape index (κ3) is 7.37. The standard InChI is InChI=1S/C17H25ClO/c1-2-3-4-5-6-7-8-9-13-17(19)15-11-10-12-16(18)14-15/h10-12,14H,2-9,13H2,1H3. The van der Waals surface area contributed by atoms with Crippen LogP contribution in [0.5, 0.6) is 0 Å². The van der Waals surface area contributed by atoms with Gasteiger partial charge >= 0.3 is 0 Å². The van der Waals surface area contributed by atoms with Gasteiger partial charge in [0.05, 0.1) is 0 Å². The fourth-order valence-corrected chi connectivity index (χ4v) is 2.42. The van der Waals surface area contributed by atoms with Gasteiger partial charge in [0.2, 0.25) is 0 Å². The van der Waals surface area contributed by atoms with Crippen LogP contribution in [-0.2, 0) is 0 Å². The van der Waals surface area contributed by atoms with Gasteiger partial charge in [0, 0.05) is 17.0 Å². The highest BCUT2D eigenvalue weighted by molar-refractivity contribution is 6.31. The Hall–Kier alpha value is -0.820. The fraction of sp³-hybridized carbons (Fsp3) is 0.588. The number of halogens is 1. The van der Waals surface area contributed by atoms with Gasteiger partial charge in [0.1, 0.15) is 0 Å². The van der Waals surface area contributed by atoms with Crippen LogP contribution < -0.4 is 0 Å². The number of carbonyl (C=O) groups is 1. The van der Waals surface area contributed by atoms with Crippen molar-refractivity contribution in [3.8, 4) is 0 Å². The van der Waals surface area contributed by atoms with Gasteiger partial charge in [0.15, 0.2) is 5.78 Å². The molecule has 0 unspecified atom stereocenters. The number of ketones is 1. The lowest BCUT2D eigenvalue weighted by Gasteiger charge is -2.03. The quantitative estimate of drug-likeness (QED) is 0.376. The Morgan fingerprint density at radius 2 is 1.63 bits per heavy atom. The maximum Gasteiger partial charge on any atom is 0.162 e. The maximum absolute atomic E-state index is 11.9. The minimum atomic E-state index is 0.216. The first kappa shape index (κ1) is 16.2. The predicted octanol–water partition coefficient (Wildman–Crippen LogP) is 6.05. The van der Waals surface area contributed by atoms with E-state index in [9.17, 15) is 4.79 Å². The molecule has 0 spiro atoms. The zero-order chi connectivity index (χ0) is 13.9. The largest absolute Gasteiger partial charge is 0.294 e. The van der Waals surface area contributed by atoms with Gasteiger partial charge in [-0.15, -0.1) is 0 Å². The molecule has 0 saturated carbocycles. The van der Waals surface area contributed by atoms with E-state index >= 15 is 0 Å². The van der Waals surface area contributed by atoms with E-state index < -0.39 is 0 Å². The van der Waals surface area contributed by atoms with Gasteiger partial charge in [-0.05, 0) is 18.6 Å². The Morgan fingerprint density at radius 1 is 1.00 bits per heavy atom. The molecule has 0 aliphatic carbocycles. The summed E-state index contributed by atoms with van der Waals surface area (Å²) < 4.78 is 0. The number of carbonyl (C=O) groups excluding carboxylic acids is 1. The summed E-state index contributed by atoms with van der Waals surface area (Å²) in [6.45, 7) is 2.24. The summed E-state index contributed by atoms with van der Waals surface area (Å²) in [6.07, 6.45) is 10.7. The summed E-state index contributed by atoms with van der Waals surface area (Å²) in [5.41, 5.74) is 0.746. The van der Waals surface area contributed by atoms with Crippen molar-refractivity contribution in [1.82, 2.24) is 0 Å². The van der Waals surface area contributed by atoms with Crippen molar-refractivity contribution in [2.75, 3.05) is 0 Å². The van der Waals surface area contributed by atoms with Crippen molar-refractivity contribution >= 4 is 17.4 Å². The lowest BCUT2D eigenvalue weighted by atomic mass is 10.0. The van der Waals surface area contributed by atoms with Crippen LogP contribution in [0.25, 0.3) is 0 Å². The molecule has 19 heavy (non-hydrogen) atoms. The normalized spacial score (nSPS) is 10.6. The van der Waals surface area contributed by atoms with Crippen molar-refractivity contribution in [3.05, 3.63) is 34.9 Å². The van der Waals surface area contributed by atoms with E-state index in [-0.39, 0.29) is 5.78 Å². The van der Waals surface area contributed by atoms with E-state index in [1.807, 2.05) is 12.1 Å². The van der Waals surface area contributed by atoms with E-state index in [2.05, 4.69) is 6.92 Å². The number of hydrogen-bond acceptors (Lipinski definition) is 1. The lowest BCUT2D eigenvalue weighted by Crippen LogP contribution is -1.98. The van der Waals surface area contributed by atoms with Crippen molar-refractivity contribution in [3.63, 3.8) is 0 Å². The number of Topliss-reactive ketones (excluding diaryl/α,β-unsaturated/α-hetero) is 1. The van der Waals surface area contributed by atoms with E-state index in [0.717, 1.165) is 12.0 Å². The minimum Gasteiger partial charge on any atom is -0.294 e. The Morgan fingerprint density at radius 3 is 2.26 bits per heavy atom. The molecule has 0 N–H and O–H groups in total. The molecule has 0 aliphatic rings. The highest BCUT2D eigenvalue weighted by atomic mass is 35.5. The molecule has 0 bridgehead atoms. The zero-order valence-electron chi connectivity index (χ0n) is 12.0. The molecule has 1 aromatic rings. The average molecular weight is 281 g/mol. The summed E-state index contributed by atoms with van der Waals surface area (Å²) in [7, 11) is 0. The molecule has 2 heteroatoms. The molecule has 0 atom stereocenters. The number of rotatable bonds is 10. The Bertz CT molecular complexity index is 373. The SMILES string of the molecule is CCCCCCCCCCC(=O)c1cccc(Cl)c1. The predicted molar refractivity (Wildman–Crippen MR) is 83.0 cm³/mol. The molecule has 0 radical (unpaired) electrons. The number of hydrogen-bond donors (Lipinski definition) is 0. The van der Waals surface area contributed by atoms with Gasteiger partial charge < -0.3 is 0 Å². The molecule has 106 valence electrons. The Kier molecular flexibility index (Phi) is 8.57. The van der Waals surface area contributed by atoms with Crippen LogP contribution in [0, 0.1) is 0 Å². The lowest BCUT2D eigenvalue weighted by molar-refractivity contribution is 0.0979. The van der Waals surface area contributed by atoms with Gasteiger partial charge in [-0.2, -0.15) is 0 Å². The second kappa shape index (κ2) is 10.0. The van der Waals surface area contributed by atoms with Gasteiger partial charge in [-0.1, -0.05) is 75.6 Å². The molecular weight excluding hydrogens is 256 g/mol. The molecule has 1 nitrogen and oxygen atoms in total. The third-order valence-electron chi connectivity index (χ3n) is 3.40. The van der Waals surface area contributed by atoms with Crippen LogP contribution in [0.3, 0.4) is 0 Å². The molecule has 1 rings (SSSR count). The van der Waals surface area contributed by atoms with E-state index in [0.29, 0.717) is 11.4 Å². The molecule has 0 amide bonds. The number of unbranched alkanes of at least 4 members (excludes halogenated alkanes) is 7. The summed E-state index contributed by atoms with van der Waals surface area (Å²) in [4.78, 5) is 11.9. The van der Waals surface area contributed by atoms with Gasteiger partial charge in [-0.3, -0.25) is 4.79 Å². The van der Waals surface area contributed by atoms with E-state index in [1.54, 1.807) is 12.1 Å². The summed E-state index contributed by atoms with van der Waals surface area (Å²) >= 11 is 5.88. The molecule has 0 saturated heterocycles. The van der Waals surface area contributed by atoms with Crippen molar-refractivity contribution in [2.24, 2.45) is 0 Å². The highest BCUT2D eigenvalue weighted by Gasteiger charge is 2.05. The van der Waals surface area contributed by atoms with Crippen LogP contribution in [0.1, 0.15) is 75.1 Å². The molecule has 0 heterocycles. The second-order valence-corrected chi connectivity index (χ2v) is 5.59. The summed E-state index contributed by atoms with van der Waals surface area (Å²) in [6, 6.07) is 7.24. The zero-order valence-corrected chi connectivity index (χ0v) is 12.7. The van der Waals surface area contributed by atoms with E-state index in [1.165, 1.54) is 44.9 Å². The third-order valence-corrected chi connectivity index (χ3v) is 3.64. The monoisotopic (exact) mass is 280 g/mol. The smallest absolute Gasteiger partial charge is 0.162 e. The Labute approximate surface area is 122 Å². The topological polar surface area (TPSA) is 17.1 Å². The van der Waals surface area contributed by atoms with Crippen molar-refractivity contribution < 1.29 is 4.79 Å². The van der Waals surface area contributed by atoms with Gasteiger partial charge in [0.25, 0.3) is 0 Å². The first-order chi connectivity index (χ1) is 9.24. The van der Waals surface area contributed by atoms with Crippen LogP contribution in [-0.4, -0.2) is 5.78 Å². The van der Waals surface area contributed by atoms with Crippen molar-refractivity contribution in [1.29, 1.82) is 0 Å². The Balaban J connectivity index is 2.08. The molecule has 0 aromatic heterocycles. The number of benzene rings is 1. The first-order valence-corrected chi connectivity index (χ1v) is 7.90. The molecule has 1 aromatic carbocycles. The van der Waals surface area contributed by atoms with E-state index in [4.69, 9.17) is 11.6 Å². The van der Waals surface area contributed by atoms with Crippen LogP contribution in [0.15, 0.2) is 24.3 Å². The maximum atomic E-state index is 11.9. The summed E-state index contributed by atoms with van der Waals surface area (Å²) in [5.74, 6) is 0.216. The minimum absolute atomic E-state index is 0.216.